The number of aromatic nitrogens is 2. The number of nitrogens with zero attached hydrogens (tertiary/aromatic N) is 3. The fraction of sp³-hybridized carbons (Fsp3) is 0.318. The average molecular weight is 474 g/mol. The number of fused-ring (bicyclic) bond motifs is 2. The summed E-state index contributed by atoms with van der Waals surface area (Å²) < 4.78 is 18.5. The highest BCUT2D eigenvalue weighted by molar-refractivity contribution is 7.23. The van der Waals surface area contributed by atoms with Crippen molar-refractivity contribution >= 4 is 55.3 Å². The van der Waals surface area contributed by atoms with Crippen LogP contribution in [0, 0.1) is 0 Å². The van der Waals surface area contributed by atoms with Crippen LogP contribution in [0.15, 0.2) is 45.6 Å². The van der Waals surface area contributed by atoms with Crippen molar-refractivity contribution in [2.24, 2.45) is 0 Å². The summed E-state index contributed by atoms with van der Waals surface area (Å²) >= 11 is 7.69. The fourth-order valence-electron chi connectivity index (χ4n) is 3.88. The zero-order valence-corrected chi connectivity index (χ0v) is 18.8. The minimum Gasteiger partial charge on any atom is -0.494 e. The lowest BCUT2D eigenvalue weighted by Gasteiger charge is -2.23. The normalized spacial score (nSPS) is 16.1. The van der Waals surface area contributed by atoms with Crippen molar-refractivity contribution in [3.63, 3.8) is 0 Å². The van der Waals surface area contributed by atoms with E-state index in [4.69, 9.17) is 25.5 Å². The predicted molar refractivity (Wildman–Crippen MR) is 123 cm³/mol. The molecule has 2 aromatic carbocycles. The molecule has 10 heteroatoms. The van der Waals surface area contributed by atoms with Crippen molar-refractivity contribution < 1.29 is 18.7 Å². The molecule has 0 N–H and O–H groups in total. The molecule has 32 heavy (non-hydrogen) atoms. The molecule has 8 nitrogen and oxygen atoms in total. The molecule has 0 aliphatic carbocycles. The van der Waals surface area contributed by atoms with Crippen molar-refractivity contribution in [1.29, 1.82) is 0 Å². The van der Waals surface area contributed by atoms with Crippen LogP contribution in [0.4, 0.5) is 5.13 Å². The van der Waals surface area contributed by atoms with E-state index in [2.05, 4.69) is 4.98 Å². The summed E-state index contributed by atoms with van der Waals surface area (Å²) in [6.45, 7) is 0.824. The number of hydrogen-bond acceptors (Lipinski definition) is 7. The minimum atomic E-state index is -0.578. The summed E-state index contributed by atoms with van der Waals surface area (Å²) in [5.74, 6) is -0.289. The van der Waals surface area contributed by atoms with Gasteiger partial charge in [0.15, 0.2) is 10.7 Å². The van der Waals surface area contributed by atoms with Gasteiger partial charge in [0.25, 0.3) is 0 Å². The number of thiazole rings is 1. The van der Waals surface area contributed by atoms with E-state index in [-0.39, 0.29) is 18.6 Å². The van der Waals surface area contributed by atoms with Crippen LogP contribution in [-0.2, 0) is 16.1 Å². The summed E-state index contributed by atoms with van der Waals surface area (Å²) in [4.78, 5) is 32.1. The third-order valence-corrected chi connectivity index (χ3v) is 7.02. The lowest BCUT2D eigenvalue weighted by Crippen LogP contribution is -2.40. The Morgan fingerprint density at radius 2 is 2.19 bits per heavy atom. The molecule has 0 saturated carbocycles. The molecule has 1 unspecified atom stereocenters. The van der Waals surface area contributed by atoms with Crippen LogP contribution in [0.25, 0.3) is 21.3 Å². The maximum absolute atomic E-state index is 13.5. The molecule has 1 aliphatic heterocycles. The number of carbonyl (C=O) groups is 1. The van der Waals surface area contributed by atoms with Gasteiger partial charge >= 0.3 is 5.76 Å². The second-order valence-corrected chi connectivity index (χ2v) is 8.87. The Labute approximate surface area is 191 Å². The van der Waals surface area contributed by atoms with Gasteiger partial charge in [-0.2, -0.15) is 0 Å². The molecule has 1 aliphatic rings. The van der Waals surface area contributed by atoms with Gasteiger partial charge < -0.3 is 13.9 Å². The van der Waals surface area contributed by atoms with Crippen LogP contribution in [0.5, 0.6) is 5.75 Å². The Bertz CT molecular complexity index is 1350. The predicted octanol–water partition coefficient (Wildman–Crippen LogP) is 4.08. The smallest absolute Gasteiger partial charge is 0.420 e. The number of amides is 1. The third kappa shape index (κ3) is 3.76. The zero-order chi connectivity index (χ0) is 22.2. The largest absolute Gasteiger partial charge is 0.494 e. The fourth-order valence-corrected chi connectivity index (χ4v) is 5.17. The molecule has 3 heterocycles. The van der Waals surface area contributed by atoms with Gasteiger partial charge in [0.1, 0.15) is 17.8 Å². The van der Waals surface area contributed by atoms with Gasteiger partial charge in [0.05, 0.1) is 35.0 Å². The Morgan fingerprint density at radius 3 is 2.97 bits per heavy atom. The number of hydrogen-bond donors (Lipinski definition) is 0. The standard InChI is InChI=1S/C22H20ClN3O5S/c1-29-17-9-8-14(23)20-19(17)24-21(32-20)26(11-13-5-4-10-30-13)18(27)12-25-15-6-2-3-7-16(15)31-22(25)28/h2-3,6-9,13H,4-5,10-12H2,1H3. The highest BCUT2D eigenvalue weighted by atomic mass is 35.5. The van der Waals surface area contributed by atoms with E-state index in [1.54, 1.807) is 48.4 Å². The number of para-hydroxylation sites is 2. The lowest BCUT2D eigenvalue weighted by atomic mass is 10.2. The van der Waals surface area contributed by atoms with Crippen molar-refractivity contribution in [2.45, 2.75) is 25.5 Å². The molecular weight excluding hydrogens is 454 g/mol. The van der Waals surface area contributed by atoms with Crippen molar-refractivity contribution in [1.82, 2.24) is 9.55 Å². The van der Waals surface area contributed by atoms with Gasteiger partial charge in [-0.1, -0.05) is 35.1 Å². The molecule has 0 spiro atoms. The van der Waals surface area contributed by atoms with E-state index in [9.17, 15) is 9.59 Å². The topological polar surface area (TPSA) is 86.8 Å². The van der Waals surface area contributed by atoms with E-state index in [1.165, 1.54) is 15.9 Å². The van der Waals surface area contributed by atoms with E-state index >= 15 is 0 Å². The molecule has 0 bridgehead atoms. The van der Waals surface area contributed by atoms with Gasteiger partial charge in [-0.05, 0) is 37.1 Å². The van der Waals surface area contributed by atoms with E-state index in [0.29, 0.717) is 45.7 Å². The third-order valence-electron chi connectivity index (χ3n) is 5.48. The van der Waals surface area contributed by atoms with Crippen LogP contribution >= 0.6 is 22.9 Å². The van der Waals surface area contributed by atoms with Gasteiger partial charge in [-0.25, -0.2) is 9.78 Å². The maximum atomic E-state index is 13.5. The summed E-state index contributed by atoms with van der Waals surface area (Å²) in [5.41, 5.74) is 1.60. The first-order valence-electron chi connectivity index (χ1n) is 10.2. The molecule has 166 valence electrons. The second kappa shape index (κ2) is 8.57. The van der Waals surface area contributed by atoms with Crippen LogP contribution in [0.2, 0.25) is 5.02 Å². The molecule has 1 atom stereocenters. The lowest BCUT2D eigenvalue weighted by molar-refractivity contribution is -0.119. The van der Waals surface area contributed by atoms with E-state index in [1.807, 2.05) is 0 Å². The summed E-state index contributed by atoms with van der Waals surface area (Å²) in [5, 5.41) is 1.01. The Morgan fingerprint density at radius 1 is 1.34 bits per heavy atom. The highest BCUT2D eigenvalue weighted by Gasteiger charge is 2.28. The van der Waals surface area contributed by atoms with E-state index in [0.717, 1.165) is 17.5 Å². The Balaban J connectivity index is 1.54. The Hall–Kier alpha value is -2.88. The highest BCUT2D eigenvalue weighted by Crippen LogP contribution is 2.39. The molecule has 4 aromatic rings. The molecule has 1 amide bonds. The SMILES string of the molecule is COc1ccc(Cl)c2sc(N(CC3CCCO3)C(=O)Cn3c(=O)oc4ccccc43)nc12. The quantitative estimate of drug-likeness (QED) is 0.419. The molecule has 0 radical (unpaired) electrons. The van der Waals surface area contributed by atoms with Crippen LogP contribution < -0.4 is 15.4 Å². The summed E-state index contributed by atoms with van der Waals surface area (Å²) in [7, 11) is 1.56. The molecule has 1 fully saturated rings. The number of methoxy groups -OCH3 is 1. The molecule has 5 rings (SSSR count). The van der Waals surface area contributed by atoms with Crippen molar-refractivity contribution in [3.8, 4) is 5.75 Å². The number of ether oxygens (including phenoxy) is 2. The van der Waals surface area contributed by atoms with Crippen molar-refractivity contribution in [2.75, 3.05) is 25.2 Å². The molecule has 1 saturated heterocycles. The zero-order valence-electron chi connectivity index (χ0n) is 17.2. The number of oxazole rings is 1. The first kappa shape index (κ1) is 21.0. The molecular formula is C22H20ClN3O5S. The van der Waals surface area contributed by atoms with Crippen LogP contribution in [-0.4, -0.2) is 41.8 Å². The number of rotatable bonds is 6. The van der Waals surface area contributed by atoms with Crippen molar-refractivity contribution in [3.05, 3.63) is 52.0 Å². The summed E-state index contributed by atoms with van der Waals surface area (Å²) in [6.07, 6.45) is 1.70. The van der Waals surface area contributed by atoms with Gasteiger partial charge in [0.2, 0.25) is 5.91 Å². The number of benzene rings is 2. The van der Waals surface area contributed by atoms with Gasteiger partial charge in [0, 0.05) is 6.61 Å². The van der Waals surface area contributed by atoms with Gasteiger partial charge in [-0.3, -0.25) is 14.3 Å². The number of halogens is 1. The first-order chi connectivity index (χ1) is 15.5. The number of carbonyl (C=O) groups excluding carboxylic acids is 1. The molecule has 2 aromatic heterocycles. The van der Waals surface area contributed by atoms with Crippen LogP contribution in [0.3, 0.4) is 0 Å². The maximum Gasteiger partial charge on any atom is 0.420 e. The monoisotopic (exact) mass is 473 g/mol. The van der Waals surface area contributed by atoms with Gasteiger partial charge in [-0.15, -0.1) is 0 Å². The number of anilines is 1. The average Bonchev–Trinajstić information content (AvgIpc) is 3.52. The summed E-state index contributed by atoms with van der Waals surface area (Å²) in [6, 6.07) is 10.5. The van der Waals surface area contributed by atoms with Crippen LogP contribution in [0.1, 0.15) is 12.8 Å². The van der Waals surface area contributed by atoms with E-state index < -0.39 is 5.76 Å². The Kier molecular flexibility index (Phi) is 5.62. The first-order valence-corrected chi connectivity index (χ1v) is 11.4. The second-order valence-electron chi connectivity index (χ2n) is 7.49. The minimum absolute atomic E-state index is 0.0962.